The molecule has 0 spiro atoms. The Balaban J connectivity index is 1.44. The average Bonchev–Trinajstić information content (AvgIpc) is 3.36. The summed E-state index contributed by atoms with van der Waals surface area (Å²) in [4.78, 5) is 38.9. The lowest BCUT2D eigenvalue weighted by molar-refractivity contribution is -0.117. The Hall–Kier alpha value is -3.67. The molecule has 0 aliphatic carbocycles. The molecular weight excluding hydrogens is 416 g/mol. The fraction of sp³-hybridized carbons (Fsp3) is 0.296. The van der Waals surface area contributed by atoms with Crippen LogP contribution in [0.3, 0.4) is 0 Å². The zero-order valence-electron chi connectivity index (χ0n) is 19.5. The molecule has 6 heteroatoms. The maximum Gasteiger partial charge on any atom is 0.338 e. The number of hydrogen-bond acceptors (Lipinski definition) is 4. The Kier molecular flexibility index (Phi) is 6.18. The van der Waals surface area contributed by atoms with Gasteiger partial charge < -0.3 is 14.2 Å². The molecule has 1 aromatic heterocycles. The van der Waals surface area contributed by atoms with Crippen LogP contribution < -0.4 is 4.90 Å². The number of carbonyl (C=O) groups is 3. The van der Waals surface area contributed by atoms with Gasteiger partial charge in [0.2, 0.25) is 11.7 Å². The lowest BCUT2D eigenvalue weighted by atomic mass is 10.1. The second-order valence-corrected chi connectivity index (χ2v) is 8.58. The van der Waals surface area contributed by atoms with E-state index in [2.05, 4.69) is 26.0 Å². The first-order valence-electron chi connectivity index (χ1n) is 11.1. The van der Waals surface area contributed by atoms with Crippen LogP contribution in [0.25, 0.3) is 5.69 Å². The molecular formula is C27H28N2O4. The quantitative estimate of drug-likeness (QED) is 0.402. The second kappa shape index (κ2) is 9.06. The van der Waals surface area contributed by atoms with E-state index in [0.717, 1.165) is 29.2 Å². The van der Waals surface area contributed by atoms with E-state index in [1.807, 2.05) is 30.5 Å². The number of hydrogen-bond donors (Lipinski definition) is 0. The number of ether oxygens (including phenoxy) is 1. The topological polar surface area (TPSA) is 68.6 Å². The van der Waals surface area contributed by atoms with Gasteiger partial charge in [-0.05, 0) is 87.7 Å². The summed E-state index contributed by atoms with van der Waals surface area (Å²) in [7, 11) is 0. The molecule has 6 nitrogen and oxygen atoms in total. The van der Waals surface area contributed by atoms with Crippen molar-refractivity contribution < 1.29 is 19.1 Å². The summed E-state index contributed by atoms with van der Waals surface area (Å²) in [6.07, 6.45) is 1.39. The summed E-state index contributed by atoms with van der Waals surface area (Å²) >= 11 is 0. The number of rotatable bonds is 6. The number of esters is 1. The third-order valence-corrected chi connectivity index (χ3v) is 6.30. The van der Waals surface area contributed by atoms with E-state index < -0.39 is 5.97 Å². The number of benzene rings is 2. The van der Waals surface area contributed by atoms with Crippen molar-refractivity contribution in [1.82, 2.24) is 4.57 Å². The second-order valence-electron chi connectivity index (χ2n) is 8.58. The van der Waals surface area contributed by atoms with E-state index in [-0.39, 0.29) is 18.3 Å². The van der Waals surface area contributed by atoms with Crippen molar-refractivity contribution in [2.75, 3.05) is 18.1 Å². The molecule has 2 heterocycles. The summed E-state index contributed by atoms with van der Waals surface area (Å²) in [6, 6.07) is 14.8. The predicted octanol–water partition coefficient (Wildman–Crippen LogP) is 4.88. The van der Waals surface area contributed by atoms with Crippen molar-refractivity contribution in [1.29, 1.82) is 0 Å². The summed E-state index contributed by atoms with van der Waals surface area (Å²) < 4.78 is 7.34. The number of amides is 1. The fourth-order valence-corrected chi connectivity index (χ4v) is 4.30. The molecule has 0 unspecified atom stereocenters. The van der Waals surface area contributed by atoms with Crippen molar-refractivity contribution in [3.63, 3.8) is 0 Å². The minimum Gasteiger partial charge on any atom is -0.454 e. The summed E-state index contributed by atoms with van der Waals surface area (Å²) in [5.41, 5.74) is 6.81. The molecule has 0 radical (unpaired) electrons. The zero-order valence-corrected chi connectivity index (χ0v) is 19.5. The third kappa shape index (κ3) is 4.46. The van der Waals surface area contributed by atoms with E-state index in [9.17, 15) is 14.4 Å². The molecule has 0 bridgehead atoms. The Morgan fingerprint density at radius 1 is 0.909 bits per heavy atom. The zero-order chi connectivity index (χ0) is 23.7. The first-order chi connectivity index (χ1) is 15.8. The van der Waals surface area contributed by atoms with Gasteiger partial charge in [-0.25, -0.2) is 4.79 Å². The minimum atomic E-state index is -0.564. The minimum absolute atomic E-state index is 0.0920. The maximum atomic E-state index is 12.8. The number of ketones is 1. The Labute approximate surface area is 193 Å². The lowest BCUT2D eigenvalue weighted by Gasteiger charge is -2.15. The normalized spacial score (nSPS) is 13.5. The summed E-state index contributed by atoms with van der Waals surface area (Å²) in [5.74, 6) is -0.717. The van der Waals surface area contributed by atoms with E-state index >= 15 is 0 Å². The molecule has 1 aliphatic rings. The molecule has 4 rings (SSSR count). The van der Waals surface area contributed by atoms with E-state index in [1.54, 1.807) is 29.2 Å². The molecule has 1 aliphatic heterocycles. The molecule has 2 aromatic carbocycles. The van der Waals surface area contributed by atoms with Crippen molar-refractivity contribution in [3.8, 4) is 5.69 Å². The number of Topliss-reactive ketones (excluding diaryl/α,β-unsaturated/α-hetero) is 1. The number of anilines is 1. The van der Waals surface area contributed by atoms with Crippen LogP contribution in [0.4, 0.5) is 5.69 Å². The summed E-state index contributed by atoms with van der Waals surface area (Å²) in [6.45, 7) is 8.35. The fourth-order valence-electron chi connectivity index (χ4n) is 4.30. The van der Waals surface area contributed by atoms with Gasteiger partial charge in [-0.3, -0.25) is 9.59 Å². The number of aryl methyl sites for hydroxylation is 3. The molecule has 0 atom stereocenters. The smallest absolute Gasteiger partial charge is 0.338 e. The Morgan fingerprint density at radius 2 is 1.61 bits per heavy atom. The van der Waals surface area contributed by atoms with E-state index in [0.29, 0.717) is 24.1 Å². The van der Waals surface area contributed by atoms with Gasteiger partial charge in [-0.1, -0.05) is 6.07 Å². The van der Waals surface area contributed by atoms with Gasteiger partial charge in [-0.2, -0.15) is 0 Å². The Bertz CT molecular complexity index is 1240. The van der Waals surface area contributed by atoms with Crippen molar-refractivity contribution in [3.05, 3.63) is 82.2 Å². The number of aromatic nitrogens is 1. The van der Waals surface area contributed by atoms with Crippen LogP contribution in [0.1, 0.15) is 56.1 Å². The van der Waals surface area contributed by atoms with Crippen LogP contribution in [0, 0.1) is 27.7 Å². The first-order valence-corrected chi connectivity index (χ1v) is 11.1. The molecule has 0 N–H and O–H groups in total. The van der Waals surface area contributed by atoms with Crippen molar-refractivity contribution in [2.45, 2.75) is 40.5 Å². The highest BCUT2D eigenvalue weighted by Crippen LogP contribution is 2.24. The SMILES string of the molecule is Cc1ccc(-n2c(C)cc(C(=O)COC(=O)c3ccc(N4CCCC4=O)cc3)c2C)cc1C. The monoisotopic (exact) mass is 444 g/mol. The van der Waals surface area contributed by atoms with E-state index in [4.69, 9.17) is 4.74 Å². The third-order valence-electron chi connectivity index (χ3n) is 6.30. The van der Waals surface area contributed by atoms with Gasteiger partial charge >= 0.3 is 5.97 Å². The Morgan fingerprint density at radius 3 is 2.24 bits per heavy atom. The van der Waals surface area contributed by atoms with Gasteiger partial charge in [0.25, 0.3) is 0 Å². The number of nitrogens with zero attached hydrogens (tertiary/aromatic N) is 2. The van der Waals surface area contributed by atoms with Gasteiger partial charge in [-0.15, -0.1) is 0 Å². The van der Waals surface area contributed by atoms with Gasteiger partial charge in [0.05, 0.1) is 5.56 Å². The highest BCUT2D eigenvalue weighted by atomic mass is 16.5. The molecule has 170 valence electrons. The molecule has 3 aromatic rings. The molecule has 1 amide bonds. The van der Waals surface area contributed by atoms with Crippen LogP contribution in [-0.2, 0) is 9.53 Å². The molecule has 1 fully saturated rings. The number of carbonyl (C=O) groups excluding carboxylic acids is 3. The molecule has 0 saturated carbocycles. The van der Waals surface area contributed by atoms with E-state index in [1.165, 1.54) is 11.1 Å². The van der Waals surface area contributed by atoms with Crippen molar-refractivity contribution in [2.24, 2.45) is 0 Å². The molecule has 33 heavy (non-hydrogen) atoms. The highest BCUT2D eigenvalue weighted by molar-refractivity contribution is 6.01. The largest absolute Gasteiger partial charge is 0.454 e. The van der Waals surface area contributed by atoms with Crippen LogP contribution in [0.5, 0.6) is 0 Å². The van der Waals surface area contributed by atoms with Crippen LogP contribution in [0.2, 0.25) is 0 Å². The maximum absolute atomic E-state index is 12.8. The van der Waals surface area contributed by atoms with Gasteiger partial charge in [0.15, 0.2) is 6.61 Å². The summed E-state index contributed by atoms with van der Waals surface area (Å²) in [5, 5.41) is 0. The van der Waals surface area contributed by atoms with Crippen molar-refractivity contribution >= 4 is 23.3 Å². The lowest BCUT2D eigenvalue weighted by Crippen LogP contribution is -2.23. The molecule has 1 saturated heterocycles. The van der Waals surface area contributed by atoms with Crippen LogP contribution >= 0.6 is 0 Å². The van der Waals surface area contributed by atoms with Gasteiger partial charge in [0.1, 0.15) is 0 Å². The van der Waals surface area contributed by atoms with Crippen LogP contribution in [0.15, 0.2) is 48.5 Å². The highest BCUT2D eigenvalue weighted by Gasteiger charge is 2.22. The first kappa shape index (κ1) is 22.5. The standard InChI is InChI=1S/C27H28N2O4/c1-17-7-10-23(14-18(17)2)29-19(3)15-24(20(29)4)25(30)16-33-27(32)21-8-11-22(12-9-21)28-13-5-6-26(28)31/h7-12,14-15H,5-6,13,16H2,1-4H3. The average molecular weight is 445 g/mol. The van der Waals surface area contributed by atoms with Gasteiger partial charge in [0, 0.05) is 41.3 Å². The predicted molar refractivity (Wildman–Crippen MR) is 127 cm³/mol. The van der Waals surface area contributed by atoms with Crippen LogP contribution in [-0.4, -0.2) is 35.4 Å².